The minimum atomic E-state index is 0.713. The van der Waals surface area contributed by atoms with Gasteiger partial charge in [-0.1, -0.05) is 36.9 Å². The number of rotatable bonds is 6. The standard InChI is InChI=1S/C16H17N5/c1-2-20-12-15(9-18-20)8-17-16-10-19-21(13-16)11-14-6-4-3-5-7-14/h2-7,9-10,12-13,17H,1,8,11H2. The Balaban J connectivity index is 1.58. The maximum Gasteiger partial charge on any atom is 0.0729 e. The van der Waals surface area contributed by atoms with Crippen molar-refractivity contribution in [3.8, 4) is 0 Å². The van der Waals surface area contributed by atoms with Crippen LogP contribution in [0.3, 0.4) is 0 Å². The molecule has 1 aromatic carbocycles. The second-order valence-corrected chi connectivity index (χ2v) is 4.78. The molecule has 0 saturated heterocycles. The second kappa shape index (κ2) is 6.09. The Hall–Kier alpha value is -2.82. The molecule has 0 bridgehead atoms. The zero-order chi connectivity index (χ0) is 14.5. The summed E-state index contributed by atoms with van der Waals surface area (Å²) in [7, 11) is 0. The van der Waals surface area contributed by atoms with Gasteiger partial charge in [0.1, 0.15) is 0 Å². The van der Waals surface area contributed by atoms with Crippen molar-refractivity contribution in [2.75, 3.05) is 5.32 Å². The first-order chi connectivity index (χ1) is 10.3. The summed E-state index contributed by atoms with van der Waals surface area (Å²) in [5, 5.41) is 11.8. The molecule has 5 nitrogen and oxygen atoms in total. The van der Waals surface area contributed by atoms with Crippen molar-refractivity contribution in [3.05, 3.63) is 72.8 Å². The number of benzene rings is 1. The lowest BCUT2D eigenvalue weighted by atomic mass is 10.2. The molecule has 0 saturated carbocycles. The highest BCUT2D eigenvalue weighted by Gasteiger charge is 2.01. The van der Waals surface area contributed by atoms with Gasteiger partial charge in [0, 0.05) is 30.7 Å². The van der Waals surface area contributed by atoms with Crippen LogP contribution in [0.5, 0.6) is 0 Å². The molecule has 1 N–H and O–H groups in total. The fourth-order valence-electron chi connectivity index (χ4n) is 2.08. The number of hydrogen-bond acceptors (Lipinski definition) is 3. The van der Waals surface area contributed by atoms with Crippen LogP contribution in [0.15, 0.2) is 61.7 Å². The Kier molecular flexibility index (Phi) is 3.82. The summed E-state index contributed by atoms with van der Waals surface area (Å²) in [6, 6.07) is 10.3. The molecular weight excluding hydrogens is 262 g/mol. The van der Waals surface area contributed by atoms with E-state index >= 15 is 0 Å². The Bertz CT molecular complexity index is 711. The third-order valence-corrected chi connectivity index (χ3v) is 3.16. The lowest BCUT2D eigenvalue weighted by Crippen LogP contribution is -2.00. The molecule has 106 valence electrons. The number of hydrogen-bond donors (Lipinski definition) is 1. The van der Waals surface area contributed by atoms with Crippen molar-refractivity contribution in [1.29, 1.82) is 0 Å². The maximum absolute atomic E-state index is 4.36. The van der Waals surface area contributed by atoms with Gasteiger partial charge in [-0.2, -0.15) is 10.2 Å². The first kappa shape index (κ1) is 13.2. The van der Waals surface area contributed by atoms with E-state index in [-0.39, 0.29) is 0 Å². The van der Waals surface area contributed by atoms with Gasteiger partial charge in [0.15, 0.2) is 0 Å². The molecule has 0 atom stereocenters. The fourth-order valence-corrected chi connectivity index (χ4v) is 2.08. The van der Waals surface area contributed by atoms with E-state index in [9.17, 15) is 0 Å². The van der Waals surface area contributed by atoms with Gasteiger partial charge in [-0.3, -0.25) is 4.68 Å². The van der Waals surface area contributed by atoms with E-state index in [2.05, 4.69) is 34.2 Å². The monoisotopic (exact) mass is 279 g/mol. The largest absolute Gasteiger partial charge is 0.378 e. The summed E-state index contributed by atoms with van der Waals surface area (Å²) >= 11 is 0. The summed E-state index contributed by atoms with van der Waals surface area (Å²) in [5.74, 6) is 0. The third-order valence-electron chi connectivity index (χ3n) is 3.16. The van der Waals surface area contributed by atoms with Gasteiger partial charge in [-0.15, -0.1) is 0 Å². The van der Waals surface area contributed by atoms with E-state index in [0.717, 1.165) is 17.8 Å². The summed E-state index contributed by atoms with van der Waals surface area (Å²) in [6.07, 6.45) is 9.27. The van der Waals surface area contributed by atoms with E-state index in [1.54, 1.807) is 10.9 Å². The van der Waals surface area contributed by atoms with Gasteiger partial charge >= 0.3 is 0 Å². The van der Waals surface area contributed by atoms with Crippen molar-refractivity contribution < 1.29 is 0 Å². The zero-order valence-electron chi connectivity index (χ0n) is 11.7. The highest BCUT2D eigenvalue weighted by Crippen LogP contribution is 2.09. The van der Waals surface area contributed by atoms with Crippen LogP contribution in [-0.2, 0) is 13.1 Å². The van der Waals surface area contributed by atoms with Gasteiger partial charge in [0.05, 0.1) is 24.6 Å². The van der Waals surface area contributed by atoms with Gasteiger partial charge < -0.3 is 5.32 Å². The van der Waals surface area contributed by atoms with Gasteiger partial charge in [0.2, 0.25) is 0 Å². The van der Waals surface area contributed by atoms with Gasteiger partial charge in [-0.25, -0.2) is 4.68 Å². The van der Waals surface area contributed by atoms with Crippen LogP contribution in [-0.4, -0.2) is 19.6 Å². The molecule has 2 aromatic heterocycles. The SMILES string of the molecule is C=Cn1cc(CNc2cnn(Cc3ccccc3)c2)cn1. The highest BCUT2D eigenvalue weighted by molar-refractivity contribution is 5.39. The molecule has 0 amide bonds. The van der Waals surface area contributed by atoms with Crippen molar-refractivity contribution >= 4 is 11.9 Å². The average Bonchev–Trinajstić information content (AvgIpc) is 3.15. The van der Waals surface area contributed by atoms with Gasteiger partial charge in [0.25, 0.3) is 0 Å². The van der Waals surface area contributed by atoms with Crippen LogP contribution in [0.2, 0.25) is 0 Å². The zero-order valence-corrected chi connectivity index (χ0v) is 11.7. The Labute approximate surface area is 123 Å². The summed E-state index contributed by atoms with van der Waals surface area (Å²) in [6.45, 7) is 5.16. The number of nitrogens with zero attached hydrogens (tertiary/aromatic N) is 4. The summed E-state index contributed by atoms with van der Waals surface area (Å²) < 4.78 is 3.61. The van der Waals surface area contributed by atoms with Crippen molar-refractivity contribution in [1.82, 2.24) is 19.6 Å². The van der Waals surface area contributed by atoms with Crippen molar-refractivity contribution in [3.63, 3.8) is 0 Å². The molecule has 0 fully saturated rings. The molecule has 0 radical (unpaired) electrons. The minimum absolute atomic E-state index is 0.713. The van der Waals surface area contributed by atoms with Crippen LogP contribution in [0.1, 0.15) is 11.1 Å². The van der Waals surface area contributed by atoms with Crippen LogP contribution >= 0.6 is 0 Å². The lowest BCUT2D eigenvalue weighted by Gasteiger charge is -2.02. The molecule has 0 aliphatic carbocycles. The average molecular weight is 279 g/mol. The molecule has 0 unspecified atom stereocenters. The Morgan fingerprint density at radius 2 is 1.90 bits per heavy atom. The predicted octanol–water partition coefficient (Wildman–Crippen LogP) is 2.84. The molecule has 2 heterocycles. The highest BCUT2D eigenvalue weighted by atomic mass is 15.3. The minimum Gasteiger partial charge on any atom is -0.378 e. The van der Waals surface area contributed by atoms with Crippen molar-refractivity contribution in [2.24, 2.45) is 0 Å². The van der Waals surface area contributed by atoms with Crippen LogP contribution < -0.4 is 5.32 Å². The first-order valence-electron chi connectivity index (χ1n) is 6.79. The Morgan fingerprint density at radius 1 is 1.05 bits per heavy atom. The van der Waals surface area contributed by atoms with E-state index in [1.165, 1.54) is 5.56 Å². The molecular formula is C16H17N5. The molecule has 3 aromatic rings. The van der Waals surface area contributed by atoms with Crippen molar-refractivity contribution in [2.45, 2.75) is 13.1 Å². The first-order valence-corrected chi connectivity index (χ1v) is 6.79. The lowest BCUT2D eigenvalue weighted by molar-refractivity contribution is 0.687. The second-order valence-electron chi connectivity index (χ2n) is 4.78. The van der Waals surface area contributed by atoms with E-state index in [1.807, 2.05) is 47.7 Å². The third kappa shape index (κ3) is 3.39. The van der Waals surface area contributed by atoms with Crippen LogP contribution in [0, 0.1) is 0 Å². The summed E-state index contributed by atoms with van der Waals surface area (Å²) in [5.41, 5.74) is 3.34. The molecule has 3 rings (SSSR count). The normalized spacial score (nSPS) is 10.5. The maximum atomic E-state index is 4.36. The fraction of sp³-hybridized carbons (Fsp3) is 0.125. The molecule has 0 aliphatic heterocycles. The van der Waals surface area contributed by atoms with Crippen LogP contribution in [0.4, 0.5) is 5.69 Å². The Morgan fingerprint density at radius 3 is 2.67 bits per heavy atom. The predicted molar refractivity (Wildman–Crippen MR) is 83.7 cm³/mol. The quantitative estimate of drug-likeness (QED) is 0.754. The molecule has 0 aliphatic rings. The van der Waals surface area contributed by atoms with E-state index in [0.29, 0.717) is 6.54 Å². The smallest absolute Gasteiger partial charge is 0.0729 e. The number of nitrogens with one attached hydrogen (secondary N) is 1. The number of aromatic nitrogens is 4. The number of anilines is 1. The van der Waals surface area contributed by atoms with E-state index in [4.69, 9.17) is 0 Å². The summed E-state index contributed by atoms with van der Waals surface area (Å²) in [4.78, 5) is 0. The van der Waals surface area contributed by atoms with Gasteiger partial charge in [-0.05, 0) is 5.56 Å². The molecule has 5 heteroatoms. The van der Waals surface area contributed by atoms with E-state index < -0.39 is 0 Å². The molecule has 21 heavy (non-hydrogen) atoms. The van der Waals surface area contributed by atoms with Crippen LogP contribution in [0.25, 0.3) is 6.20 Å². The molecule has 0 spiro atoms. The topological polar surface area (TPSA) is 47.7 Å².